The highest BCUT2D eigenvalue weighted by molar-refractivity contribution is 7.87. The second-order valence-electron chi connectivity index (χ2n) is 40.8. The fourth-order valence-corrected chi connectivity index (χ4v) is 15.9. The van der Waals surface area contributed by atoms with Crippen molar-refractivity contribution in [1.82, 2.24) is 81.8 Å². The van der Waals surface area contributed by atoms with E-state index in [1.165, 1.54) is 54.8 Å². The van der Waals surface area contributed by atoms with Crippen molar-refractivity contribution in [2.75, 3.05) is 163 Å². The number of alkyl halides is 3. The molecular formula is C87H148Cl3F3N22O24S4. The molecule has 6 amide bonds. The van der Waals surface area contributed by atoms with Crippen molar-refractivity contribution < 1.29 is 128 Å². The normalized spacial score (nSPS) is 15.6. The van der Waals surface area contributed by atoms with Gasteiger partial charge in [0.25, 0.3) is 20.4 Å². The zero-order valence-electron chi connectivity index (χ0n) is 86.5. The van der Waals surface area contributed by atoms with Crippen molar-refractivity contribution in [3.8, 4) is 0 Å². The number of aliphatic hydroxyl groups excluding tert-OH is 1. The molecule has 5 aromatic rings. The standard InChI is InChI=1S/C16H31N3O6S.C13H19ClN6O2S.C12H19N3O4S.C11H22N2O2.C10H19NO3.C10H17NO3.C7H5Cl2N3.C6H15N3O2S.C2HF3O2/c1-15(2,3)24-13(20)17-26(22,23)18(7)9-8-12-10-19(11-12)14(21)25-16(4,5)6;1-9-5-11(14)20-12(9)13(16-8-17-20)19-6-10(7-19)3-4-18(2)23(15,21)22;1-12(2,3)19-11(16)13-20(17,18)15-8-6-10(7-9-15)14(4)5;1-11(2,3)15-10(14)13-7-9(8-13)5-6-12-4;2*1-10(2,3)14-9(13)11-6-8(7-11)4-5-12;1-4-2-5(8)12-6(4)7(9)10-3-11-12;1-9(12(7,10)11)3-2-6-4-8-5-6;3-2(4,5)1(6)7/h12H,8-11H2,1-7H3,(H,17,20);5,8,10H,3-4,6-7H2,1-2H3,(H2,15,21,22);6-9H,1-5H3;9,12H,5-8H2,1-4H3;8,12H,4-7H2,1-3H3;5,8H,4,6-7H2,1-3H3;2-3H,1H3;6,8H,2-5H2,1H3,(H2,7,10,11);(H,6,7). The fraction of sp³-hybridized carbons (Fsp3) is 0.713. The number of nitrogens with zero attached hydrogens (tertiary/aromatic N) is 16. The number of carboxylic acids is 1. The maximum absolute atomic E-state index is 12.1. The number of pyridine rings is 1. The quantitative estimate of drug-likeness (QED) is 0.0176. The first-order chi connectivity index (χ1) is 65.3. The molecule has 6 fully saturated rings. The molecule has 6 aliphatic rings. The maximum atomic E-state index is 12.1. The monoisotopic (exact) mass is 2170 g/mol. The van der Waals surface area contributed by atoms with Crippen LogP contribution in [0.1, 0.15) is 174 Å². The van der Waals surface area contributed by atoms with Crippen molar-refractivity contribution in [3.63, 3.8) is 0 Å². The van der Waals surface area contributed by atoms with Crippen LogP contribution in [-0.4, -0.2) is 343 Å². The molecule has 0 aliphatic carbocycles. The highest BCUT2D eigenvalue weighted by Crippen LogP contribution is 2.34. The van der Waals surface area contributed by atoms with Crippen LogP contribution in [0.2, 0.25) is 15.5 Å². The lowest BCUT2D eigenvalue weighted by Crippen LogP contribution is -2.52. The van der Waals surface area contributed by atoms with Crippen LogP contribution in [0.5, 0.6) is 0 Å². The van der Waals surface area contributed by atoms with Gasteiger partial charge in [-0.2, -0.15) is 66.3 Å². The summed E-state index contributed by atoms with van der Waals surface area (Å²) in [6, 6.07) is 6.91. The van der Waals surface area contributed by atoms with E-state index in [2.05, 4.69) is 35.7 Å². The Morgan fingerprint density at radius 2 is 0.853 bits per heavy atom. The van der Waals surface area contributed by atoms with Crippen LogP contribution in [0.3, 0.4) is 0 Å². The van der Waals surface area contributed by atoms with Gasteiger partial charge in [0.2, 0.25) is 0 Å². The molecule has 0 aromatic carbocycles. The molecule has 0 atom stereocenters. The Bertz CT molecular complexity index is 5440. The number of carboxylic acid groups (broad SMARTS) is 1. The van der Waals surface area contributed by atoms with Crippen LogP contribution in [-0.2, 0) is 78.8 Å². The molecule has 46 nitrogen and oxygen atoms in total. The second kappa shape index (κ2) is 55.1. The fourth-order valence-electron chi connectivity index (χ4n) is 12.8. The molecule has 11 heterocycles. The van der Waals surface area contributed by atoms with Gasteiger partial charge in [-0.15, -0.1) is 8.42 Å². The second-order valence-corrected chi connectivity index (χ2v) is 48.6. The largest absolute Gasteiger partial charge is 0.542 e. The third-order valence-corrected chi connectivity index (χ3v) is 26.1. The van der Waals surface area contributed by atoms with Crippen LogP contribution < -0.4 is 49.2 Å². The Labute approximate surface area is 853 Å². The van der Waals surface area contributed by atoms with Crippen molar-refractivity contribution in [1.29, 1.82) is 0 Å². The molecule has 0 bridgehead atoms. The number of aryl methyl sites for hydroxylation is 2. The van der Waals surface area contributed by atoms with Crippen LogP contribution in [0.4, 0.5) is 53.4 Å². The predicted octanol–water partition coefficient (Wildman–Crippen LogP) is 7.77. The topological polar surface area (TPSA) is 565 Å². The van der Waals surface area contributed by atoms with Gasteiger partial charge in [-0.3, -0.25) is 0 Å². The van der Waals surface area contributed by atoms with Gasteiger partial charge < -0.3 is 88.3 Å². The Hall–Kier alpha value is -9.11. The molecular weight excluding hydrogens is 2030 g/mol. The number of likely N-dealkylation sites (tertiary alicyclic amines) is 4. The lowest BCUT2D eigenvalue weighted by atomic mass is 9.96. The number of fused-ring (bicyclic) bond motifs is 2. The summed E-state index contributed by atoms with van der Waals surface area (Å²) < 4.78 is 166. The summed E-state index contributed by atoms with van der Waals surface area (Å²) in [7, 11) is -5.02. The Morgan fingerprint density at radius 1 is 0.517 bits per heavy atom. The first kappa shape index (κ1) is 128. The van der Waals surface area contributed by atoms with E-state index in [1.54, 1.807) is 109 Å². The van der Waals surface area contributed by atoms with Crippen LogP contribution >= 0.6 is 34.8 Å². The summed E-state index contributed by atoms with van der Waals surface area (Å²) >= 11 is 17.9. The molecule has 11 rings (SSSR count). The van der Waals surface area contributed by atoms with Gasteiger partial charge in [0.15, 0.2) is 23.4 Å². The average molecular weight is 2180 g/mol. The zero-order valence-corrected chi connectivity index (χ0v) is 92.0. The Balaban J connectivity index is 0.000000421. The highest BCUT2D eigenvalue weighted by Gasteiger charge is 2.40. The minimum atomic E-state index is -5.19. The van der Waals surface area contributed by atoms with Gasteiger partial charge in [0.05, 0.1) is 0 Å². The predicted molar refractivity (Wildman–Crippen MR) is 531 cm³/mol. The van der Waals surface area contributed by atoms with Gasteiger partial charge in [0.1, 0.15) is 79.9 Å². The number of hydrogen-bond acceptors (Lipinski definition) is 32. The summed E-state index contributed by atoms with van der Waals surface area (Å²) in [4.78, 5) is 107. The molecule has 816 valence electrons. The molecule has 0 spiro atoms. The summed E-state index contributed by atoms with van der Waals surface area (Å²) in [5.41, 5.74) is 1.21. The minimum absolute atomic E-state index is 0.178. The first-order valence-corrected chi connectivity index (χ1v) is 52.7. The van der Waals surface area contributed by atoms with E-state index < -0.39 is 93.2 Å². The SMILES string of the molecule is CC(C)(C)OC(=O)N1CC(CC=O)C1.CC(C)(C)OC(=O)N1CC(CCO)C1.CN(C)c1cc[n+](S(=O)(=O)NC(=O)OC(C)(C)C)cc1.CN(CCC1CN(C(=O)OC(C)(C)C)C1)S(=O)(=O)NC(=O)OC(C)(C)C.CN(CCC1CNC1)S(N)(=O)=O.CNCCC1CN(C(=O)OC(C)(C)C)C1.Cc1cc(Cl)n2ncnc(Cl)c12.Cc1cc(Cl)n2ncnc(N3CC(CCN(C)S(N)(=O)=O)C3)c12.O=C([O-])C(F)(F)F. The molecule has 0 unspecified atom stereocenters. The third-order valence-electron chi connectivity index (χ3n) is 20.5. The number of carbonyl (C=O) groups is 8. The van der Waals surface area contributed by atoms with E-state index in [4.69, 9.17) is 88.5 Å². The number of hydrogen-bond donors (Lipinski definition) is 7. The number of anilines is 2. The van der Waals surface area contributed by atoms with Gasteiger partial charge in [-0.05, 0) is 250 Å². The summed E-state index contributed by atoms with van der Waals surface area (Å²) in [5, 5.41) is 43.3. The van der Waals surface area contributed by atoms with E-state index in [-0.39, 0.29) is 49.0 Å². The van der Waals surface area contributed by atoms with Crippen molar-refractivity contribution in [3.05, 3.63) is 75.9 Å². The number of aldehydes is 1. The number of aromatic nitrogens is 7. The van der Waals surface area contributed by atoms with Gasteiger partial charge in [-0.1, -0.05) is 38.8 Å². The van der Waals surface area contributed by atoms with Crippen molar-refractivity contribution in [2.24, 2.45) is 45.8 Å². The molecule has 9 N–H and O–H groups in total. The zero-order chi connectivity index (χ0) is 110. The van der Waals surface area contributed by atoms with Gasteiger partial charge >= 0.3 is 63.2 Å². The van der Waals surface area contributed by atoms with E-state index in [0.29, 0.717) is 97.2 Å². The number of ether oxygens (including phenoxy) is 6. The molecule has 5 aromatic heterocycles. The summed E-state index contributed by atoms with van der Waals surface area (Å²) in [6.07, 6.45) is 2.88. The summed E-state index contributed by atoms with van der Waals surface area (Å²) in [6.45, 7) is 47.5. The lowest BCUT2D eigenvalue weighted by molar-refractivity contribution is -0.512. The molecule has 0 saturated carbocycles. The number of aliphatic hydroxyl groups is 1. The molecule has 56 heteroatoms. The van der Waals surface area contributed by atoms with E-state index in [0.717, 1.165) is 133 Å². The van der Waals surface area contributed by atoms with Crippen molar-refractivity contribution in [2.45, 2.75) is 217 Å². The highest BCUT2D eigenvalue weighted by atomic mass is 35.5. The van der Waals surface area contributed by atoms with Crippen molar-refractivity contribution >= 4 is 147 Å². The van der Waals surface area contributed by atoms with Crippen LogP contribution in [0.25, 0.3) is 11.0 Å². The molecule has 143 heavy (non-hydrogen) atoms. The maximum Gasteiger partial charge on any atom is 0.474 e. The third kappa shape index (κ3) is 48.0. The van der Waals surface area contributed by atoms with E-state index >= 15 is 0 Å². The van der Waals surface area contributed by atoms with E-state index in [9.17, 15) is 80.4 Å². The lowest BCUT2D eigenvalue weighted by Gasteiger charge is -2.40. The van der Waals surface area contributed by atoms with Gasteiger partial charge in [0, 0.05) is 157 Å². The smallest absolute Gasteiger partial charge is 0.474 e. The molecule has 6 aliphatic heterocycles. The average Bonchev–Trinajstić information content (AvgIpc) is 1.63. The Morgan fingerprint density at radius 3 is 1.19 bits per heavy atom. The number of nitrogens with one attached hydrogen (secondary N) is 4. The Kier molecular flexibility index (Phi) is 49.3. The summed E-state index contributed by atoms with van der Waals surface area (Å²) in [5.74, 6) is 0.515. The number of aliphatic carboxylic acids is 1. The number of halogens is 6. The van der Waals surface area contributed by atoms with Gasteiger partial charge in [-0.25, -0.2) is 62.8 Å². The molecule has 0 radical (unpaired) electrons. The molecule has 6 saturated heterocycles. The first-order valence-electron chi connectivity index (χ1n) is 45.7. The minimum Gasteiger partial charge on any atom is -0.542 e. The van der Waals surface area contributed by atoms with Crippen LogP contribution in [0.15, 0.2) is 49.3 Å². The number of nitrogens with two attached hydrogens (primary N) is 2. The number of amides is 6. The number of carbonyl (C=O) groups excluding carboxylic acids is 8. The number of rotatable bonds is 24. The van der Waals surface area contributed by atoms with E-state index in [1.807, 2.05) is 118 Å². The van der Waals surface area contributed by atoms with Crippen LogP contribution in [0, 0.1) is 49.4 Å².